The number of thiazole rings is 1. The van der Waals surface area contributed by atoms with Crippen LogP contribution >= 0.6 is 35.3 Å². The van der Waals surface area contributed by atoms with Crippen molar-refractivity contribution in [3.05, 3.63) is 16.1 Å². The van der Waals surface area contributed by atoms with E-state index in [0.29, 0.717) is 6.54 Å². The van der Waals surface area contributed by atoms with Crippen LogP contribution in [0.4, 0.5) is 0 Å². The first-order valence-corrected chi connectivity index (χ1v) is 8.75. The Bertz CT molecular complexity index is 443. The van der Waals surface area contributed by atoms with Crippen LogP contribution < -0.4 is 10.6 Å². The Balaban J connectivity index is 0.00000242. The highest BCUT2D eigenvalue weighted by Gasteiger charge is 2.09. The van der Waals surface area contributed by atoms with Crippen LogP contribution in [0.1, 0.15) is 36.1 Å². The average Bonchev–Trinajstić information content (AvgIpc) is 2.91. The third-order valence-electron chi connectivity index (χ3n) is 3.55. The molecular weight excluding hydrogens is 409 g/mol. The smallest absolute Gasteiger partial charge is 0.191 e. The number of nitrogens with zero attached hydrogens (tertiary/aromatic N) is 3. The van der Waals surface area contributed by atoms with Crippen LogP contribution in [0.5, 0.6) is 0 Å². The Morgan fingerprint density at radius 2 is 2.09 bits per heavy atom. The number of hydrogen-bond acceptors (Lipinski definition) is 4. The number of nitrogens with one attached hydrogen (secondary N) is 2. The predicted octanol–water partition coefficient (Wildman–Crippen LogP) is 2.61. The van der Waals surface area contributed by atoms with Gasteiger partial charge in [0.2, 0.25) is 0 Å². The molecule has 0 aliphatic carbocycles. The molecule has 2 heterocycles. The van der Waals surface area contributed by atoms with Gasteiger partial charge in [-0.05, 0) is 39.8 Å². The maximum atomic E-state index is 4.60. The second-order valence-corrected chi connectivity index (χ2v) is 6.71. The zero-order valence-corrected chi connectivity index (χ0v) is 16.7. The Hall–Kier alpha value is -0.410. The van der Waals surface area contributed by atoms with Crippen molar-refractivity contribution >= 4 is 41.3 Å². The van der Waals surface area contributed by atoms with Gasteiger partial charge in [-0.2, -0.15) is 0 Å². The molecule has 7 heteroatoms. The van der Waals surface area contributed by atoms with Gasteiger partial charge >= 0.3 is 0 Å². The van der Waals surface area contributed by atoms with E-state index in [1.807, 2.05) is 6.20 Å². The largest absolute Gasteiger partial charge is 0.357 e. The summed E-state index contributed by atoms with van der Waals surface area (Å²) in [4.78, 5) is 12.7. The Kier molecular flexibility index (Phi) is 9.98. The molecule has 0 bridgehead atoms. The van der Waals surface area contributed by atoms with Crippen molar-refractivity contribution in [1.82, 2.24) is 20.5 Å². The van der Waals surface area contributed by atoms with E-state index in [4.69, 9.17) is 0 Å². The van der Waals surface area contributed by atoms with Crippen LogP contribution in [0.25, 0.3) is 0 Å². The molecule has 1 aromatic rings. The van der Waals surface area contributed by atoms with E-state index in [1.165, 1.54) is 37.2 Å². The maximum absolute atomic E-state index is 4.60. The lowest BCUT2D eigenvalue weighted by atomic mass is 10.1. The first kappa shape index (κ1) is 19.6. The first-order valence-electron chi connectivity index (χ1n) is 7.94. The van der Waals surface area contributed by atoms with Crippen molar-refractivity contribution in [3.63, 3.8) is 0 Å². The standard InChI is InChI=1S/C15H27N5S.HI/c1-3-16-15(19-12-14-18-11-13(2)21-14)17-7-10-20-8-5-4-6-9-20;/h11H,3-10,12H2,1-2H3,(H2,16,17,19);1H. The second kappa shape index (κ2) is 11.2. The summed E-state index contributed by atoms with van der Waals surface area (Å²) < 4.78 is 0. The molecule has 1 aliphatic heterocycles. The molecule has 126 valence electrons. The van der Waals surface area contributed by atoms with Crippen LogP contribution in [0, 0.1) is 6.92 Å². The lowest BCUT2D eigenvalue weighted by Gasteiger charge is -2.26. The number of aryl methyl sites for hydroxylation is 1. The van der Waals surface area contributed by atoms with Crippen molar-refractivity contribution in [2.45, 2.75) is 39.7 Å². The lowest BCUT2D eigenvalue weighted by Crippen LogP contribution is -2.42. The van der Waals surface area contributed by atoms with E-state index >= 15 is 0 Å². The van der Waals surface area contributed by atoms with Gasteiger partial charge in [0.15, 0.2) is 5.96 Å². The summed E-state index contributed by atoms with van der Waals surface area (Å²) >= 11 is 1.71. The molecular formula is C15H28IN5S. The van der Waals surface area contributed by atoms with Crippen molar-refractivity contribution in [1.29, 1.82) is 0 Å². The number of piperidine rings is 1. The van der Waals surface area contributed by atoms with Crippen molar-refractivity contribution in [2.75, 3.05) is 32.7 Å². The zero-order valence-electron chi connectivity index (χ0n) is 13.6. The normalized spacial score (nSPS) is 16.2. The number of guanidine groups is 1. The minimum Gasteiger partial charge on any atom is -0.357 e. The van der Waals surface area contributed by atoms with Gasteiger partial charge in [0, 0.05) is 30.7 Å². The van der Waals surface area contributed by atoms with Crippen LogP contribution in [-0.2, 0) is 6.54 Å². The number of aliphatic imine (C=N–C) groups is 1. The fourth-order valence-electron chi connectivity index (χ4n) is 2.48. The molecule has 2 rings (SSSR count). The van der Waals surface area contributed by atoms with E-state index < -0.39 is 0 Å². The average molecular weight is 437 g/mol. The highest BCUT2D eigenvalue weighted by Crippen LogP contribution is 2.11. The minimum absolute atomic E-state index is 0. The molecule has 22 heavy (non-hydrogen) atoms. The van der Waals surface area contributed by atoms with Crippen molar-refractivity contribution in [2.24, 2.45) is 4.99 Å². The highest BCUT2D eigenvalue weighted by atomic mass is 127. The van der Waals surface area contributed by atoms with Crippen molar-refractivity contribution < 1.29 is 0 Å². The summed E-state index contributed by atoms with van der Waals surface area (Å²) in [6.45, 7) is 10.2. The summed E-state index contributed by atoms with van der Waals surface area (Å²) in [6.07, 6.45) is 5.99. The Morgan fingerprint density at radius 1 is 1.32 bits per heavy atom. The number of hydrogen-bond donors (Lipinski definition) is 2. The number of halogens is 1. The molecule has 1 saturated heterocycles. The molecule has 0 unspecified atom stereocenters. The van der Waals surface area contributed by atoms with Crippen LogP contribution in [0.2, 0.25) is 0 Å². The van der Waals surface area contributed by atoms with Gasteiger partial charge in [0.25, 0.3) is 0 Å². The third-order valence-corrected chi connectivity index (χ3v) is 4.45. The maximum Gasteiger partial charge on any atom is 0.191 e. The molecule has 1 aliphatic rings. The molecule has 0 radical (unpaired) electrons. The van der Waals surface area contributed by atoms with E-state index in [1.54, 1.807) is 11.3 Å². The summed E-state index contributed by atoms with van der Waals surface area (Å²) in [5, 5.41) is 7.78. The van der Waals surface area contributed by atoms with Crippen LogP contribution in [0.15, 0.2) is 11.2 Å². The molecule has 1 aromatic heterocycles. The number of rotatable bonds is 6. The zero-order chi connectivity index (χ0) is 14.9. The molecule has 5 nitrogen and oxygen atoms in total. The SMILES string of the molecule is CCNC(=NCc1ncc(C)s1)NCCN1CCCCC1.I. The highest BCUT2D eigenvalue weighted by molar-refractivity contribution is 14.0. The van der Waals surface area contributed by atoms with E-state index in [-0.39, 0.29) is 24.0 Å². The number of likely N-dealkylation sites (tertiary alicyclic amines) is 1. The summed E-state index contributed by atoms with van der Waals surface area (Å²) in [5.74, 6) is 0.891. The topological polar surface area (TPSA) is 52.6 Å². The summed E-state index contributed by atoms with van der Waals surface area (Å²) in [7, 11) is 0. The van der Waals surface area contributed by atoms with E-state index in [9.17, 15) is 0 Å². The Morgan fingerprint density at radius 3 is 2.73 bits per heavy atom. The lowest BCUT2D eigenvalue weighted by molar-refractivity contribution is 0.232. The molecule has 0 aromatic carbocycles. The first-order chi connectivity index (χ1) is 10.3. The minimum atomic E-state index is 0. The van der Waals surface area contributed by atoms with Gasteiger partial charge in [-0.3, -0.25) is 0 Å². The summed E-state index contributed by atoms with van der Waals surface area (Å²) in [5.41, 5.74) is 0. The van der Waals surface area contributed by atoms with E-state index in [0.717, 1.165) is 30.6 Å². The fraction of sp³-hybridized carbons (Fsp3) is 0.733. The van der Waals surface area contributed by atoms with Gasteiger partial charge in [0.05, 0.1) is 6.54 Å². The number of aromatic nitrogens is 1. The van der Waals surface area contributed by atoms with Gasteiger partial charge in [0.1, 0.15) is 5.01 Å². The van der Waals surface area contributed by atoms with Gasteiger partial charge in [-0.25, -0.2) is 9.98 Å². The van der Waals surface area contributed by atoms with Crippen LogP contribution in [-0.4, -0.2) is 48.6 Å². The summed E-state index contributed by atoms with van der Waals surface area (Å²) in [6, 6.07) is 0. The van der Waals surface area contributed by atoms with E-state index in [2.05, 4.69) is 39.4 Å². The Labute approximate surface area is 155 Å². The van der Waals surface area contributed by atoms with Crippen LogP contribution in [0.3, 0.4) is 0 Å². The molecule has 0 spiro atoms. The molecule has 0 saturated carbocycles. The molecule has 2 N–H and O–H groups in total. The van der Waals surface area contributed by atoms with Gasteiger partial charge in [-0.15, -0.1) is 35.3 Å². The third kappa shape index (κ3) is 7.23. The monoisotopic (exact) mass is 437 g/mol. The predicted molar refractivity (Wildman–Crippen MR) is 105 cm³/mol. The quantitative estimate of drug-likeness (QED) is 0.408. The molecule has 1 fully saturated rings. The fourth-order valence-corrected chi connectivity index (χ4v) is 3.19. The molecule has 0 atom stereocenters. The second-order valence-electron chi connectivity index (χ2n) is 5.39. The van der Waals surface area contributed by atoms with Crippen molar-refractivity contribution in [3.8, 4) is 0 Å². The molecule has 0 amide bonds. The van der Waals surface area contributed by atoms with Gasteiger partial charge < -0.3 is 15.5 Å². The van der Waals surface area contributed by atoms with Gasteiger partial charge in [-0.1, -0.05) is 6.42 Å².